The van der Waals surface area contributed by atoms with E-state index in [2.05, 4.69) is 27.9 Å². The lowest BCUT2D eigenvalue weighted by Crippen LogP contribution is -2.30. The van der Waals surface area contributed by atoms with Gasteiger partial charge in [0.15, 0.2) is 5.75 Å². The van der Waals surface area contributed by atoms with Crippen molar-refractivity contribution in [3.8, 4) is 29.0 Å². The normalized spacial score (nSPS) is 12.8. The van der Waals surface area contributed by atoms with Gasteiger partial charge in [-0.25, -0.2) is 19.5 Å². The molecule has 3 aromatic heterocycles. The van der Waals surface area contributed by atoms with Crippen LogP contribution in [0.5, 0.6) is 5.75 Å². The fourth-order valence-electron chi connectivity index (χ4n) is 4.41. The molecule has 0 bridgehead atoms. The van der Waals surface area contributed by atoms with Crippen molar-refractivity contribution in [3.05, 3.63) is 93.6 Å². The minimum atomic E-state index is -0.136. The summed E-state index contributed by atoms with van der Waals surface area (Å²) in [7, 11) is 0. The molecule has 1 fully saturated rings. The average Bonchev–Trinajstić information content (AvgIpc) is 3.77. The Balaban J connectivity index is 1.54. The van der Waals surface area contributed by atoms with Crippen LogP contribution in [0.3, 0.4) is 0 Å². The van der Waals surface area contributed by atoms with E-state index in [4.69, 9.17) is 9.72 Å². The molecule has 186 valence electrons. The SMILES string of the molecule is CCCc1nc(C2CC2)n(-c2ncc(OCC)cn2)c(=O)c1Cc1ccc(-c2ccccc2C#N)nc1. The lowest BCUT2D eigenvalue weighted by atomic mass is 10.0. The molecule has 5 rings (SSSR count). The largest absolute Gasteiger partial charge is 0.491 e. The van der Waals surface area contributed by atoms with E-state index in [0.717, 1.165) is 54.0 Å². The van der Waals surface area contributed by atoms with Gasteiger partial charge in [-0.1, -0.05) is 37.6 Å². The van der Waals surface area contributed by atoms with Gasteiger partial charge in [0.2, 0.25) is 5.95 Å². The maximum atomic E-state index is 14.0. The second-order valence-corrected chi connectivity index (χ2v) is 9.10. The van der Waals surface area contributed by atoms with E-state index in [0.29, 0.717) is 35.9 Å². The number of nitrogens with zero attached hydrogens (tertiary/aromatic N) is 6. The van der Waals surface area contributed by atoms with E-state index in [-0.39, 0.29) is 11.5 Å². The molecule has 8 nitrogen and oxygen atoms in total. The van der Waals surface area contributed by atoms with E-state index >= 15 is 0 Å². The Labute approximate surface area is 215 Å². The van der Waals surface area contributed by atoms with Gasteiger partial charge >= 0.3 is 0 Å². The molecule has 0 aliphatic heterocycles. The summed E-state index contributed by atoms with van der Waals surface area (Å²) in [6.07, 6.45) is 8.97. The van der Waals surface area contributed by atoms with Gasteiger partial charge in [-0.05, 0) is 43.9 Å². The number of aryl methyl sites for hydroxylation is 1. The highest BCUT2D eigenvalue weighted by Gasteiger charge is 2.31. The average molecular weight is 493 g/mol. The van der Waals surface area contributed by atoms with Crippen molar-refractivity contribution in [2.45, 2.75) is 51.9 Å². The van der Waals surface area contributed by atoms with Gasteiger partial charge < -0.3 is 4.74 Å². The van der Waals surface area contributed by atoms with Gasteiger partial charge in [0, 0.05) is 29.7 Å². The van der Waals surface area contributed by atoms with Crippen molar-refractivity contribution in [2.24, 2.45) is 0 Å². The third kappa shape index (κ3) is 5.12. The lowest BCUT2D eigenvalue weighted by Gasteiger charge is -2.16. The van der Waals surface area contributed by atoms with Crippen molar-refractivity contribution in [2.75, 3.05) is 6.61 Å². The van der Waals surface area contributed by atoms with Crippen molar-refractivity contribution >= 4 is 0 Å². The first-order valence-corrected chi connectivity index (χ1v) is 12.7. The highest BCUT2D eigenvalue weighted by atomic mass is 16.5. The monoisotopic (exact) mass is 492 g/mol. The minimum Gasteiger partial charge on any atom is -0.491 e. The summed E-state index contributed by atoms with van der Waals surface area (Å²) in [4.78, 5) is 32.4. The Morgan fingerprint density at radius 3 is 2.49 bits per heavy atom. The van der Waals surface area contributed by atoms with Gasteiger partial charge in [-0.3, -0.25) is 9.78 Å². The minimum absolute atomic E-state index is 0.136. The molecule has 0 unspecified atom stereocenters. The van der Waals surface area contributed by atoms with E-state index in [1.807, 2.05) is 37.3 Å². The summed E-state index contributed by atoms with van der Waals surface area (Å²) in [5, 5.41) is 9.43. The zero-order valence-electron chi connectivity index (χ0n) is 21.0. The Bertz CT molecular complexity index is 1500. The smallest absolute Gasteiger partial charge is 0.264 e. The summed E-state index contributed by atoms with van der Waals surface area (Å²) in [6, 6.07) is 13.5. The van der Waals surface area contributed by atoms with Crippen molar-refractivity contribution < 1.29 is 4.74 Å². The second kappa shape index (κ2) is 10.7. The predicted molar refractivity (Wildman–Crippen MR) is 140 cm³/mol. The van der Waals surface area contributed by atoms with Crippen molar-refractivity contribution in [3.63, 3.8) is 0 Å². The summed E-state index contributed by atoms with van der Waals surface area (Å²) in [6.45, 7) is 4.50. The molecule has 0 saturated heterocycles. The van der Waals surface area contributed by atoms with Crippen LogP contribution in [0.4, 0.5) is 0 Å². The van der Waals surface area contributed by atoms with Gasteiger partial charge in [0.25, 0.3) is 5.56 Å². The first-order chi connectivity index (χ1) is 18.1. The van der Waals surface area contributed by atoms with Crippen molar-refractivity contribution in [1.82, 2.24) is 24.5 Å². The first-order valence-electron chi connectivity index (χ1n) is 12.7. The zero-order valence-corrected chi connectivity index (χ0v) is 21.0. The fourth-order valence-corrected chi connectivity index (χ4v) is 4.41. The Hall–Kier alpha value is -4.38. The van der Waals surface area contributed by atoms with Crippen LogP contribution in [0.15, 0.2) is 59.8 Å². The zero-order chi connectivity index (χ0) is 25.8. The van der Waals surface area contributed by atoms with Crippen LogP contribution in [0.1, 0.15) is 67.2 Å². The number of pyridine rings is 1. The lowest BCUT2D eigenvalue weighted by molar-refractivity contribution is 0.337. The molecule has 4 aromatic rings. The number of ether oxygens (including phenoxy) is 1. The third-order valence-corrected chi connectivity index (χ3v) is 6.37. The molecule has 1 aliphatic carbocycles. The number of nitriles is 1. The van der Waals surface area contributed by atoms with E-state index in [9.17, 15) is 10.1 Å². The van der Waals surface area contributed by atoms with Crippen molar-refractivity contribution in [1.29, 1.82) is 5.26 Å². The van der Waals surface area contributed by atoms with Crippen LogP contribution < -0.4 is 10.3 Å². The summed E-state index contributed by atoms with van der Waals surface area (Å²) in [5.74, 6) is 1.86. The van der Waals surface area contributed by atoms with Gasteiger partial charge in [0.1, 0.15) is 5.82 Å². The Kier molecular flexibility index (Phi) is 7.04. The van der Waals surface area contributed by atoms with Crippen LogP contribution in [-0.4, -0.2) is 31.1 Å². The van der Waals surface area contributed by atoms with E-state index < -0.39 is 0 Å². The second-order valence-electron chi connectivity index (χ2n) is 9.10. The molecule has 0 radical (unpaired) electrons. The number of hydrogen-bond donors (Lipinski definition) is 0. The molecular formula is C29H28N6O2. The molecule has 0 atom stereocenters. The maximum absolute atomic E-state index is 14.0. The van der Waals surface area contributed by atoms with Crippen LogP contribution in [0.25, 0.3) is 17.2 Å². The quantitative estimate of drug-likeness (QED) is 0.331. The molecule has 0 amide bonds. The highest BCUT2D eigenvalue weighted by Crippen LogP contribution is 2.39. The molecular weight excluding hydrogens is 464 g/mol. The van der Waals surface area contributed by atoms with Crippen LogP contribution in [0.2, 0.25) is 0 Å². The molecule has 3 heterocycles. The molecule has 0 N–H and O–H groups in total. The third-order valence-electron chi connectivity index (χ3n) is 6.37. The standard InChI is InChI=1S/C29H28N6O2/c1-3-7-26-24(14-19-10-13-25(31-16-19)23-9-6-5-8-21(23)15-30)28(36)35(27(34-26)20-11-12-20)29-32-17-22(18-33-29)37-4-2/h5-6,8-10,13,16-18,20H,3-4,7,11-12,14H2,1-2H3. The predicted octanol–water partition coefficient (Wildman–Crippen LogP) is 4.78. The summed E-state index contributed by atoms with van der Waals surface area (Å²) in [5.41, 5.74) is 4.30. The maximum Gasteiger partial charge on any atom is 0.264 e. The molecule has 37 heavy (non-hydrogen) atoms. The van der Waals surface area contributed by atoms with Crippen LogP contribution >= 0.6 is 0 Å². The number of hydrogen-bond acceptors (Lipinski definition) is 7. The highest BCUT2D eigenvalue weighted by molar-refractivity contribution is 5.67. The Morgan fingerprint density at radius 1 is 1.05 bits per heavy atom. The first kappa shape index (κ1) is 24.3. The van der Waals surface area contributed by atoms with Gasteiger partial charge in [-0.2, -0.15) is 5.26 Å². The summed E-state index contributed by atoms with van der Waals surface area (Å²) < 4.78 is 7.05. The molecule has 8 heteroatoms. The fraction of sp³-hybridized carbons (Fsp3) is 0.310. The van der Waals surface area contributed by atoms with Gasteiger partial charge in [-0.15, -0.1) is 0 Å². The topological polar surface area (TPSA) is 107 Å². The van der Waals surface area contributed by atoms with Crippen LogP contribution in [0, 0.1) is 11.3 Å². The Morgan fingerprint density at radius 2 is 1.84 bits per heavy atom. The van der Waals surface area contributed by atoms with Gasteiger partial charge in [0.05, 0.1) is 42.0 Å². The molecule has 0 spiro atoms. The molecule has 1 aliphatic rings. The number of benzene rings is 1. The molecule has 1 aromatic carbocycles. The number of aromatic nitrogens is 5. The number of rotatable bonds is 9. The van der Waals surface area contributed by atoms with E-state index in [1.54, 1.807) is 29.2 Å². The molecule has 1 saturated carbocycles. The van der Waals surface area contributed by atoms with Crippen LogP contribution in [-0.2, 0) is 12.8 Å². The van der Waals surface area contributed by atoms with E-state index in [1.165, 1.54) is 0 Å². The summed E-state index contributed by atoms with van der Waals surface area (Å²) >= 11 is 0.